The summed E-state index contributed by atoms with van der Waals surface area (Å²) in [6.45, 7) is 1.80. The molecule has 0 aromatic carbocycles. The maximum absolute atomic E-state index is 10.3. The average Bonchev–Trinajstić information content (AvgIpc) is 2.50. The highest BCUT2D eigenvalue weighted by atomic mass is 16.2. The van der Waals surface area contributed by atoms with Crippen LogP contribution in [0.1, 0.15) is 5.69 Å². The van der Waals surface area contributed by atoms with E-state index in [0.717, 1.165) is 5.69 Å². The van der Waals surface area contributed by atoms with Gasteiger partial charge in [-0.1, -0.05) is 5.21 Å². The normalized spacial score (nSPS) is 10.1. The lowest BCUT2D eigenvalue weighted by atomic mass is 10.4. The summed E-state index contributed by atoms with van der Waals surface area (Å²) in [7, 11) is 1.81. The molecule has 4 N–H and O–H groups in total. The van der Waals surface area contributed by atoms with Crippen molar-refractivity contribution < 1.29 is 4.79 Å². The van der Waals surface area contributed by atoms with Gasteiger partial charge in [0, 0.05) is 32.9 Å². The zero-order valence-corrected chi connectivity index (χ0v) is 8.03. The molecule has 2 amide bonds. The van der Waals surface area contributed by atoms with Crippen molar-refractivity contribution in [2.24, 2.45) is 12.8 Å². The number of primary amides is 1. The summed E-state index contributed by atoms with van der Waals surface area (Å²) in [6.07, 6.45) is 1.83. The van der Waals surface area contributed by atoms with E-state index < -0.39 is 6.03 Å². The molecule has 0 aliphatic carbocycles. The van der Waals surface area contributed by atoms with Crippen LogP contribution in [0.3, 0.4) is 0 Å². The van der Waals surface area contributed by atoms with Crippen molar-refractivity contribution in [3.8, 4) is 0 Å². The molecule has 0 bridgehead atoms. The van der Waals surface area contributed by atoms with Gasteiger partial charge in [0.2, 0.25) is 0 Å². The molecule has 0 saturated carbocycles. The average molecular weight is 198 g/mol. The minimum absolute atomic E-state index is 0.508. The second kappa shape index (κ2) is 5.18. The molecule has 14 heavy (non-hydrogen) atoms. The smallest absolute Gasteiger partial charge is 0.312 e. The molecule has 0 fully saturated rings. The second-order valence-corrected chi connectivity index (χ2v) is 2.85. The minimum Gasteiger partial charge on any atom is -0.352 e. The Morgan fingerprint density at radius 3 is 3.00 bits per heavy atom. The Labute approximate surface area is 81.7 Å². The van der Waals surface area contributed by atoms with Gasteiger partial charge >= 0.3 is 6.03 Å². The number of hydrogen-bond acceptors (Lipinski definition) is 4. The first kappa shape index (κ1) is 10.5. The maximum atomic E-state index is 10.3. The number of urea groups is 1. The molecule has 78 valence electrons. The van der Waals surface area contributed by atoms with Crippen LogP contribution in [-0.4, -0.2) is 34.1 Å². The van der Waals surface area contributed by atoms with E-state index in [1.54, 1.807) is 4.68 Å². The third-order valence-electron chi connectivity index (χ3n) is 1.56. The van der Waals surface area contributed by atoms with Crippen LogP contribution in [0.2, 0.25) is 0 Å². The summed E-state index contributed by atoms with van der Waals surface area (Å²) >= 11 is 0. The predicted molar refractivity (Wildman–Crippen MR) is 50.3 cm³/mol. The molecule has 1 aromatic rings. The molecule has 1 heterocycles. The van der Waals surface area contributed by atoms with Crippen molar-refractivity contribution in [1.29, 1.82) is 0 Å². The third kappa shape index (κ3) is 3.85. The van der Waals surface area contributed by atoms with Crippen molar-refractivity contribution >= 4 is 6.03 Å². The lowest BCUT2D eigenvalue weighted by Crippen LogP contribution is -2.35. The summed E-state index contributed by atoms with van der Waals surface area (Å²) in [5.41, 5.74) is 5.75. The van der Waals surface area contributed by atoms with Gasteiger partial charge in [-0.3, -0.25) is 4.68 Å². The Morgan fingerprint density at radius 1 is 1.64 bits per heavy atom. The number of aromatic nitrogens is 3. The fourth-order valence-electron chi connectivity index (χ4n) is 0.967. The predicted octanol–water partition coefficient (Wildman–Crippen LogP) is -1.43. The van der Waals surface area contributed by atoms with Gasteiger partial charge in [-0.05, 0) is 0 Å². The summed E-state index contributed by atoms with van der Waals surface area (Å²) in [5, 5.41) is 13.2. The number of hydrogen-bond donors (Lipinski definition) is 3. The Hall–Kier alpha value is -1.63. The van der Waals surface area contributed by atoms with E-state index in [0.29, 0.717) is 19.6 Å². The van der Waals surface area contributed by atoms with Gasteiger partial charge in [0.15, 0.2) is 0 Å². The van der Waals surface area contributed by atoms with E-state index in [1.807, 2.05) is 13.2 Å². The summed E-state index contributed by atoms with van der Waals surface area (Å²) in [6, 6.07) is -0.508. The van der Waals surface area contributed by atoms with Crippen molar-refractivity contribution in [2.45, 2.75) is 6.54 Å². The maximum Gasteiger partial charge on any atom is 0.312 e. The lowest BCUT2D eigenvalue weighted by molar-refractivity contribution is 0.249. The van der Waals surface area contributed by atoms with Crippen LogP contribution in [0.25, 0.3) is 0 Å². The van der Waals surface area contributed by atoms with Gasteiger partial charge in [0.25, 0.3) is 0 Å². The third-order valence-corrected chi connectivity index (χ3v) is 1.56. The van der Waals surface area contributed by atoms with E-state index in [2.05, 4.69) is 20.9 Å². The largest absolute Gasteiger partial charge is 0.352 e. The SMILES string of the molecule is Cn1cc(CNCCNC(N)=O)nn1. The monoisotopic (exact) mass is 198 g/mol. The van der Waals surface area contributed by atoms with E-state index >= 15 is 0 Å². The van der Waals surface area contributed by atoms with Crippen LogP contribution in [0.4, 0.5) is 4.79 Å². The molecular formula is C7H14N6O. The molecule has 1 rings (SSSR count). The van der Waals surface area contributed by atoms with Gasteiger partial charge < -0.3 is 16.4 Å². The van der Waals surface area contributed by atoms with Crippen molar-refractivity contribution in [3.05, 3.63) is 11.9 Å². The number of carbonyl (C=O) groups is 1. The van der Waals surface area contributed by atoms with Crippen LogP contribution in [-0.2, 0) is 13.6 Å². The Balaban J connectivity index is 2.07. The first-order valence-electron chi connectivity index (χ1n) is 4.27. The number of carbonyl (C=O) groups excluding carboxylic acids is 1. The number of nitrogens with one attached hydrogen (secondary N) is 2. The summed E-state index contributed by atoms with van der Waals surface area (Å²) in [5.74, 6) is 0. The van der Waals surface area contributed by atoms with Gasteiger partial charge in [-0.15, -0.1) is 5.10 Å². The molecule has 7 nitrogen and oxygen atoms in total. The topological polar surface area (TPSA) is 97.9 Å². The number of nitrogens with two attached hydrogens (primary N) is 1. The number of nitrogens with zero attached hydrogens (tertiary/aromatic N) is 3. The van der Waals surface area contributed by atoms with E-state index in [9.17, 15) is 4.79 Å². The van der Waals surface area contributed by atoms with Gasteiger partial charge in [0.05, 0.1) is 5.69 Å². The van der Waals surface area contributed by atoms with Crippen molar-refractivity contribution in [3.63, 3.8) is 0 Å². The first-order valence-corrected chi connectivity index (χ1v) is 4.27. The quantitative estimate of drug-likeness (QED) is 0.505. The number of rotatable bonds is 5. The Kier molecular flexibility index (Phi) is 3.86. The second-order valence-electron chi connectivity index (χ2n) is 2.85. The van der Waals surface area contributed by atoms with Crippen LogP contribution >= 0.6 is 0 Å². The zero-order chi connectivity index (χ0) is 10.4. The number of aryl methyl sites for hydroxylation is 1. The van der Waals surface area contributed by atoms with E-state index in [-0.39, 0.29) is 0 Å². The molecule has 0 spiro atoms. The molecule has 0 aliphatic rings. The minimum atomic E-state index is -0.508. The highest BCUT2D eigenvalue weighted by Crippen LogP contribution is 1.88. The highest BCUT2D eigenvalue weighted by molar-refractivity contribution is 5.71. The fraction of sp³-hybridized carbons (Fsp3) is 0.571. The molecule has 7 heteroatoms. The zero-order valence-electron chi connectivity index (χ0n) is 8.03. The fourth-order valence-corrected chi connectivity index (χ4v) is 0.967. The highest BCUT2D eigenvalue weighted by Gasteiger charge is 1.96. The molecule has 0 unspecified atom stereocenters. The van der Waals surface area contributed by atoms with Crippen molar-refractivity contribution in [2.75, 3.05) is 13.1 Å². The van der Waals surface area contributed by atoms with Crippen LogP contribution < -0.4 is 16.4 Å². The summed E-state index contributed by atoms with van der Waals surface area (Å²) in [4.78, 5) is 10.3. The van der Waals surface area contributed by atoms with Crippen LogP contribution in [0.5, 0.6) is 0 Å². The van der Waals surface area contributed by atoms with E-state index in [1.165, 1.54) is 0 Å². The van der Waals surface area contributed by atoms with Gasteiger partial charge in [-0.25, -0.2) is 4.79 Å². The van der Waals surface area contributed by atoms with Gasteiger partial charge in [-0.2, -0.15) is 0 Å². The van der Waals surface area contributed by atoms with Crippen molar-refractivity contribution in [1.82, 2.24) is 25.6 Å². The standard InChI is InChI=1S/C7H14N6O/c1-13-5-6(11-12-13)4-9-2-3-10-7(8)14/h5,9H,2-4H2,1H3,(H3,8,10,14). The molecule has 1 aromatic heterocycles. The van der Waals surface area contributed by atoms with Crippen LogP contribution in [0.15, 0.2) is 6.20 Å². The van der Waals surface area contributed by atoms with Gasteiger partial charge in [0.1, 0.15) is 0 Å². The number of amides is 2. The first-order chi connectivity index (χ1) is 6.68. The Morgan fingerprint density at radius 2 is 2.43 bits per heavy atom. The van der Waals surface area contributed by atoms with Crippen LogP contribution in [0, 0.1) is 0 Å². The van der Waals surface area contributed by atoms with E-state index in [4.69, 9.17) is 5.73 Å². The molecule has 0 saturated heterocycles. The molecule has 0 atom stereocenters. The molecule has 0 radical (unpaired) electrons. The Bertz CT molecular complexity index is 296. The molecular weight excluding hydrogens is 184 g/mol. The molecule has 0 aliphatic heterocycles. The lowest BCUT2D eigenvalue weighted by Gasteiger charge is -2.02. The summed E-state index contributed by atoms with van der Waals surface area (Å²) < 4.78 is 1.64.